The second kappa shape index (κ2) is 6.07. The molecule has 126 valence electrons. The SMILES string of the molecule is CC1CCC(C)C2C(N)C3CCN(C4CCCCC4)C3NC12. The fourth-order valence-corrected chi connectivity index (χ4v) is 6.29. The molecule has 3 heteroatoms. The maximum atomic E-state index is 6.85. The second-order valence-electron chi connectivity index (χ2n) is 8.81. The summed E-state index contributed by atoms with van der Waals surface area (Å²) in [6, 6.07) is 1.91. The number of likely N-dealkylation sites (tertiary alicyclic amines) is 1. The van der Waals surface area contributed by atoms with Crippen LogP contribution in [0.4, 0.5) is 0 Å². The standard InChI is InChI=1S/C19H35N3/c1-12-8-9-13(2)18-16(12)17(20)15-10-11-22(19(15)21-18)14-6-4-3-5-7-14/h12-19,21H,3-11,20H2,1-2H3. The highest BCUT2D eigenvalue weighted by Gasteiger charge is 2.52. The van der Waals surface area contributed by atoms with E-state index < -0.39 is 0 Å². The van der Waals surface area contributed by atoms with Crippen LogP contribution < -0.4 is 11.1 Å². The summed E-state index contributed by atoms with van der Waals surface area (Å²) in [6.45, 7) is 6.17. The fourth-order valence-electron chi connectivity index (χ4n) is 6.29. The number of hydrogen-bond acceptors (Lipinski definition) is 3. The Kier molecular flexibility index (Phi) is 4.25. The molecule has 2 saturated carbocycles. The minimum atomic E-state index is 0.419. The van der Waals surface area contributed by atoms with Crippen LogP contribution in [0.15, 0.2) is 0 Å². The van der Waals surface area contributed by atoms with Crippen molar-refractivity contribution in [2.24, 2.45) is 29.4 Å². The normalized spacial score (nSPS) is 50.6. The number of nitrogens with zero attached hydrogens (tertiary/aromatic N) is 1. The van der Waals surface area contributed by atoms with Crippen molar-refractivity contribution in [1.82, 2.24) is 10.2 Å². The van der Waals surface area contributed by atoms with Crippen molar-refractivity contribution < 1.29 is 0 Å². The molecule has 2 heterocycles. The van der Waals surface area contributed by atoms with E-state index >= 15 is 0 Å². The third-order valence-corrected chi connectivity index (χ3v) is 7.59. The molecule has 7 unspecified atom stereocenters. The molecule has 3 N–H and O–H groups in total. The topological polar surface area (TPSA) is 41.3 Å². The second-order valence-corrected chi connectivity index (χ2v) is 8.81. The van der Waals surface area contributed by atoms with Gasteiger partial charge in [-0.05, 0) is 43.4 Å². The highest BCUT2D eigenvalue weighted by atomic mass is 15.3. The molecule has 0 bridgehead atoms. The zero-order chi connectivity index (χ0) is 15.3. The van der Waals surface area contributed by atoms with Crippen LogP contribution in [-0.2, 0) is 0 Å². The number of nitrogens with one attached hydrogen (secondary N) is 1. The van der Waals surface area contributed by atoms with Crippen molar-refractivity contribution in [3.63, 3.8) is 0 Å². The zero-order valence-corrected chi connectivity index (χ0v) is 14.5. The molecule has 0 aromatic heterocycles. The maximum absolute atomic E-state index is 6.85. The van der Waals surface area contributed by atoms with E-state index in [0.29, 0.717) is 30.1 Å². The minimum Gasteiger partial charge on any atom is -0.327 e. The Bertz CT molecular complexity index is 392. The van der Waals surface area contributed by atoms with Gasteiger partial charge in [-0.1, -0.05) is 39.5 Å². The van der Waals surface area contributed by atoms with Gasteiger partial charge in [0.1, 0.15) is 0 Å². The van der Waals surface area contributed by atoms with Gasteiger partial charge >= 0.3 is 0 Å². The average Bonchev–Trinajstić information content (AvgIpc) is 2.96. The van der Waals surface area contributed by atoms with E-state index in [4.69, 9.17) is 5.73 Å². The number of fused-ring (bicyclic) bond motifs is 2. The summed E-state index contributed by atoms with van der Waals surface area (Å²) in [7, 11) is 0. The first kappa shape index (κ1) is 15.4. The molecule has 22 heavy (non-hydrogen) atoms. The van der Waals surface area contributed by atoms with Gasteiger partial charge in [0, 0.05) is 30.6 Å². The van der Waals surface area contributed by atoms with Gasteiger partial charge in [-0.3, -0.25) is 10.2 Å². The predicted molar refractivity (Wildman–Crippen MR) is 91.4 cm³/mol. The van der Waals surface area contributed by atoms with E-state index in [1.807, 2.05) is 0 Å². The first-order chi connectivity index (χ1) is 10.7. The van der Waals surface area contributed by atoms with Gasteiger partial charge in [-0.25, -0.2) is 0 Å². The molecule has 0 radical (unpaired) electrons. The molecule has 2 aliphatic heterocycles. The molecule has 4 rings (SSSR count). The summed E-state index contributed by atoms with van der Waals surface area (Å²) in [4.78, 5) is 2.83. The molecule has 0 amide bonds. The van der Waals surface area contributed by atoms with Gasteiger partial charge in [0.2, 0.25) is 0 Å². The lowest BCUT2D eigenvalue weighted by molar-refractivity contribution is -0.00770. The van der Waals surface area contributed by atoms with Gasteiger partial charge in [0.15, 0.2) is 0 Å². The first-order valence-corrected chi connectivity index (χ1v) is 9.94. The number of hydrogen-bond donors (Lipinski definition) is 2. The number of piperidine rings is 1. The molecule has 2 saturated heterocycles. The summed E-state index contributed by atoms with van der Waals surface area (Å²) in [5, 5.41) is 4.12. The van der Waals surface area contributed by atoms with Crippen molar-refractivity contribution >= 4 is 0 Å². The Labute approximate surface area is 136 Å². The summed E-state index contributed by atoms with van der Waals surface area (Å²) in [5.74, 6) is 2.99. The highest BCUT2D eigenvalue weighted by Crippen LogP contribution is 2.45. The van der Waals surface area contributed by atoms with E-state index in [1.165, 1.54) is 57.9 Å². The Balaban J connectivity index is 1.54. The largest absolute Gasteiger partial charge is 0.327 e. The van der Waals surface area contributed by atoms with Gasteiger partial charge in [0.05, 0.1) is 6.17 Å². The highest BCUT2D eigenvalue weighted by molar-refractivity contribution is 5.07. The quantitative estimate of drug-likeness (QED) is 0.782. The van der Waals surface area contributed by atoms with Gasteiger partial charge in [-0.15, -0.1) is 0 Å². The van der Waals surface area contributed by atoms with Crippen LogP contribution in [0, 0.1) is 23.7 Å². The lowest BCUT2D eigenvalue weighted by Crippen LogP contribution is -2.68. The van der Waals surface area contributed by atoms with Gasteiger partial charge in [-0.2, -0.15) is 0 Å². The van der Waals surface area contributed by atoms with Crippen molar-refractivity contribution in [2.75, 3.05) is 6.54 Å². The van der Waals surface area contributed by atoms with Crippen LogP contribution in [0.3, 0.4) is 0 Å². The monoisotopic (exact) mass is 305 g/mol. The summed E-state index contributed by atoms with van der Waals surface area (Å²) >= 11 is 0. The Morgan fingerprint density at radius 3 is 2.41 bits per heavy atom. The molecule has 0 aromatic rings. The Morgan fingerprint density at radius 2 is 1.64 bits per heavy atom. The zero-order valence-electron chi connectivity index (χ0n) is 14.5. The fraction of sp³-hybridized carbons (Fsp3) is 1.00. The van der Waals surface area contributed by atoms with E-state index in [0.717, 1.165) is 17.9 Å². The molecule has 3 nitrogen and oxygen atoms in total. The minimum absolute atomic E-state index is 0.419. The molecule has 4 aliphatic rings. The third kappa shape index (κ3) is 2.44. The lowest BCUT2D eigenvalue weighted by Gasteiger charge is -2.53. The third-order valence-electron chi connectivity index (χ3n) is 7.59. The molecular weight excluding hydrogens is 270 g/mol. The maximum Gasteiger partial charge on any atom is 0.0646 e. The summed E-state index contributed by atoms with van der Waals surface area (Å²) in [6.07, 6.45) is 11.8. The van der Waals surface area contributed by atoms with Crippen LogP contribution >= 0.6 is 0 Å². The molecule has 0 aromatic carbocycles. The van der Waals surface area contributed by atoms with E-state index in [2.05, 4.69) is 24.1 Å². The van der Waals surface area contributed by atoms with Crippen molar-refractivity contribution in [2.45, 2.75) is 89.5 Å². The number of nitrogens with two attached hydrogens (primary N) is 1. The van der Waals surface area contributed by atoms with E-state index in [9.17, 15) is 0 Å². The Morgan fingerprint density at radius 1 is 0.909 bits per heavy atom. The van der Waals surface area contributed by atoms with Gasteiger partial charge < -0.3 is 5.73 Å². The van der Waals surface area contributed by atoms with Crippen LogP contribution in [-0.4, -0.2) is 35.7 Å². The van der Waals surface area contributed by atoms with Crippen molar-refractivity contribution in [3.8, 4) is 0 Å². The van der Waals surface area contributed by atoms with Crippen LogP contribution in [0.2, 0.25) is 0 Å². The van der Waals surface area contributed by atoms with E-state index in [1.54, 1.807) is 0 Å². The summed E-state index contributed by atoms with van der Waals surface area (Å²) < 4.78 is 0. The van der Waals surface area contributed by atoms with Crippen molar-refractivity contribution in [1.29, 1.82) is 0 Å². The van der Waals surface area contributed by atoms with Crippen molar-refractivity contribution in [3.05, 3.63) is 0 Å². The van der Waals surface area contributed by atoms with Crippen LogP contribution in [0.5, 0.6) is 0 Å². The summed E-state index contributed by atoms with van der Waals surface area (Å²) in [5.41, 5.74) is 6.85. The Hall–Kier alpha value is -0.120. The van der Waals surface area contributed by atoms with E-state index in [-0.39, 0.29) is 0 Å². The smallest absolute Gasteiger partial charge is 0.0646 e. The lowest BCUT2D eigenvalue weighted by atomic mass is 9.63. The van der Waals surface area contributed by atoms with Gasteiger partial charge in [0.25, 0.3) is 0 Å². The molecule has 2 aliphatic carbocycles. The van der Waals surface area contributed by atoms with Crippen LogP contribution in [0.1, 0.15) is 65.2 Å². The van der Waals surface area contributed by atoms with Crippen LogP contribution in [0.25, 0.3) is 0 Å². The molecule has 0 spiro atoms. The predicted octanol–water partition coefficient (Wildman–Crippen LogP) is 2.95. The molecular formula is C19H35N3. The first-order valence-electron chi connectivity index (χ1n) is 9.94. The molecule has 7 atom stereocenters. The molecule has 4 fully saturated rings. The number of rotatable bonds is 1. The average molecular weight is 306 g/mol.